The maximum absolute atomic E-state index is 8.91. The number of nitrogens with one attached hydrogen (secondary N) is 3. The molecule has 3 N–H and O–H groups in total. The zero-order valence-electron chi connectivity index (χ0n) is 19.9. The Hall–Kier alpha value is -3.46. The van der Waals surface area contributed by atoms with Gasteiger partial charge in [0, 0.05) is 36.3 Å². The molecule has 3 rings (SSSR count). The summed E-state index contributed by atoms with van der Waals surface area (Å²) in [6.07, 6.45) is 6.92. The number of aliphatic imine (C=N–C) groups is 1. The number of benzene rings is 2. The molecule has 0 saturated heterocycles. The standard InChI is InChI=1S/C27H35N5O/c1-5-21-17-24(33-4)11-12-25(21)20(2)30-18-27(22-9-7-6-8-10-22)15-13-23(14-16-27)32-26(29-3)31-19-28/h6-12,17,23,30H,2,5,13-16,18H2,1,3-4H3,(H2,29,31,32). The second-order valence-electron chi connectivity index (χ2n) is 8.58. The molecule has 6 heteroatoms. The number of aryl methyl sites for hydroxylation is 1. The summed E-state index contributed by atoms with van der Waals surface area (Å²) in [5.74, 6) is 1.41. The number of ether oxygens (including phenoxy) is 1. The third kappa shape index (κ3) is 5.87. The van der Waals surface area contributed by atoms with Gasteiger partial charge in [0.1, 0.15) is 5.75 Å². The molecule has 0 atom stereocenters. The first-order valence-electron chi connectivity index (χ1n) is 11.6. The molecule has 0 spiro atoms. The SMILES string of the molecule is C=C(NCC1(c2ccccc2)CCC(NC(=NC)NC#N)CC1)c1ccc(OC)cc1CC. The molecule has 1 aliphatic rings. The number of rotatable bonds is 8. The highest BCUT2D eigenvalue weighted by Crippen LogP contribution is 2.39. The molecule has 1 fully saturated rings. The molecule has 0 radical (unpaired) electrons. The Morgan fingerprint density at radius 2 is 1.94 bits per heavy atom. The lowest BCUT2D eigenvalue weighted by Crippen LogP contribution is -2.48. The minimum Gasteiger partial charge on any atom is -0.497 e. The van der Waals surface area contributed by atoms with E-state index in [0.29, 0.717) is 5.96 Å². The molecule has 1 saturated carbocycles. The fourth-order valence-corrected chi connectivity index (χ4v) is 4.73. The fourth-order valence-electron chi connectivity index (χ4n) is 4.73. The summed E-state index contributed by atoms with van der Waals surface area (Å²) >= 11 is 0. The molecule has 0 unspecified atom stereocenters. The minimum absolute atomic E-state index is 0.0212. The van der Waals surface area contributed by atoms with Gasteiger partial charge in [-0.1, -0.05) is 43.8 Å². The molecule has 0 aromatic heterocycles. The van der Waals surface area contributed by atoms with Crippen LogP contribution in [0.2, 0.25) is 0 Å². The number of nitriles is 1. The molecule has 174 valence electrons. The molecular formula is C27H35N5O. The van der Waals surface area contributed by atoms with Crippen LogP contribution in [0.4, 0.5) is 0 Å². The lowest BCUT2D eigenvalue weighted by Gasteiger charge is -2.41. The first-order valence-corrected chi connectivity index (χ1v) is 11.6. The number of hydrogen-bond acceptors (Lipinski definition) is 4. The predicted molar refractivity (Wildman–Crippen MR) is 135 cm³/mol. The van der Waals surface area contributed by atoms with Gasteiger partial charge in [-0.15, -0.1) is 0 Å². The van der Waals surface area contributed by atoms with Crippen molar-refractivity contribution in [3.05, 3.63) is 71.8 Å². The number of guanidine groups is 1. The largest absolute Gasteiger partial charge is 0.497 e. The van der Waals surface area contributed by atoms with Gasteiger partial charge in [0.2, 0.25) is 5.96 Å². The van der Waals surface area contributed by atoms with E-state index in [-0.39, 0.29) is 11.5 Å². The third-order valence-electron chi connectivity index (χ3n) is 6.73. The highest BCUT2D eigenvalue weighted by Gasteiger charge is 2.37. The van der Waals surface area contributed by atoms with E-state index in [1.165, 1.54) is 11.1 Å². The van der Waals surface area contributed by atoms with Crippen LogP contribution < -0.4 is 20.7 Å². The quantitative estimate of drug-likeness (QED) is 0.244. The average molecular weight is 446 g/mol. The van der Waals surface area contributed by atoms with Crippen molar-refractivity contribution in [2.24, 2.45) is 4.99 Å². The summed E-state index contributed by atoms with van der Waals surface area (Å²) in [6.45, 7) is 7.34. The van der Waals surface area contributed by atoms with Crippen LogP contribution in [0.5, 0.6) is 5.75 Å². The smallest absolute Gasteiger partial charge is 0.204 e. The van der Waals surface area contributed by atoms with Crippen LogP contribution in [0.15, 0.2) is 60.1 Å². The summed E-state index contributed by atoms with van der Waals surface area (Å²) in [6, 6.07) is 17.2. The Labute approximate surface area is 197 Å². The Kier molecular flexibility index (Phi) is 8.37. The molecule has 6 nitrogen and oxygen atoms in total. The van der Waals surface area contributed by atoms with Crippen molar-refractivity contribution in [3.63, 3.8) is 0 Å². The predicted octanol–water partition coefficient (Wildman–Crippen LogP) is 4.34. The first kappa shape index (κ1) is 24.2. The van der Waals surface area contributed by atoms with Crippen LogP contribution in [-0.4, -0.2) is 32.7 Å². The van der Waals surface area contributed by atoms with Gasteiger partial charge in [-0.25, -0.2) is 0 Å². The van der Waals surface area contributed by atoms with Crippen LogP contribution in [0.25, 0.3) is 5.70 Å². The van der Waals surface area contributed by atoms with Crippen LogP contribution in [0.3, 0.4) is 0 Å². The van der Waals surface area contributed by atoms with E-state index >= 15 is 0 Å². The second-order valence-corrected chi connectivity index (χ2v) is 8.58. The lowest BCUT2D eigenvalue weighted by atomic mass is 9.68. The molecule has 0 bridgehead atoms. The Bertz CT molecular complexity index is 1000. The van der Waals surface area contributed by atoms with E-state index in [1.54, 1.807) is 14.2 Å². The van der Waals surface area contributed by atoms with Crippen LogP contribution in [-0.2, 0) is 11.8 Å². The summed E-state index contributed by atoms with van der Waals surface area (Å²) in [5.41, 5.74) is 4.69. The summed E-state index contributed by atoms with van der Waals surface area (Å²) in [5, 5.41) is 18.6. The highest BCUT2D eigenvalue weighted by molar-refractivity contribution is 5.81. The monoisotopic (exact) mass is 445 g/mol. The van der Waals surface area contributed by atoms with Crippen molar-refractivity contribution in [2.45, 2.75) is 50.5 Å². The second kappa shape index (κ2) is 11.4. The summed E-state index contributed by atoms with van der Waals surface area (Å²) in [7, 11) is 3.38. The van der Waals surface area contributed by atoms with Gasteiger partial charge in [-0.2, -0.15) is 5.26 Å². The Morgan fingerprint density at radius 3 is 2.55 bits per heavy atom. The Balaban J connectivity index is 1.74. The van der Waals surface area contributed by atoms with E-state index in [2.05, 4.69) is 76.9 Å². The van der Waals surface area contributed by atoms with E-state index < -0.39 is 0 Å². The van der Waals surface area contributed by atoms with Crippen molar-refractivity contribution in [1.82, 2.24) is 16.0 Å². The van der Waals surface area contributed by atoms with E-state index in [1.807, 2.05) is 12.3 Å². The number of hydrogen-bond donors (Lipinski definition) is 3. The van der Waals surface area contributed by atoms with Gasteiger partial charge in [0.15, 0.2) is 6.19 Å². The summed E-state index contributed by atoms with van der Waals surface area (Å²) in [4.78, 5) is 4.13. The minimum atomic E-state index is 0.0212. The van der Waals surface area contributed by atoms with Crippen molar-refractivity contribution in [2.75, 3.05) is 20.7 Å². The fraction of sp³-hybridized carbons (Fsp3) is 0.407. The first-order chi connectivity index (χ1) is 16.0. The van der Waals surface area contributed by atoms with E-state index in [9.17, 15) is 0 Å². The summed E-state index contributed by atoms with van der Waals surface area (Å²) < 4.78 is 5.39. The normalized spacial score (nSPS) is 20.4. The van der Waals surface area contributed by atoms with E-state index in [0.717, 1.165) is 55.7 Å². The molecule has 0 heterocycles. The van der Waals surface area contributed by atoms with Crippen molar-refractivity contribution < 1.29 is 4.74 Å². The molecule has 2 aromatic carbocycles. The Morgan fingerprint density at radius 1 is 1.21 bits per heavy atom. The van der Waals surface area contributed by atoms with Gasteiger partial charge < -0.3 is 15.4 Å². The topological polar surface area (TPSA) is 81.5 Å². The van der Waals surface area contributed by atoms with Crippen molar-refractivity contribution in [1.29, 1.82) is 5.26 Å². The van der Waals surface area contributed by atoms with Gasteiger partial charge in [0.25, 0.3) is 0 Å². The van der Waals surface area contributed by atoms with Gasteiger partial charge in [-0.05, 0) is 61.4 Å². The molecule has 2 aromatic rings. The van der Waals surface area contributed by atoms with Gasteiger partial charge >= 0.3 is 0 Å². The zero-order chi connectivity index (χ0) is 23.7. The van der Waals surface area contributed by atoms with E-state index in [4.69, 9.17) is 10.00 Å². The average Bonchev–Trinajstić information content (AvgIpc) is 2.88. The molecule has 1 aliphatic carbocycles. The molecule has 0 amide bonds. The maximum atomic E-state index is 8.91. The maximum Gasteiger partial charge on any atom is 0.204 e. The molecule has 33 heavy (non-hydrogen) atoms. The third-order valence-corrected chi connectivity index (χ3v) is 6.73. The number of nitrogens with zero attached hydrogens (tertiary/aromatic N) is 2. The van der Waals surface area contributed by atoms with Gasteiger partial charge in [-0.3, -0.25) is 10.3 Å². The lowest BCUT2D eigenvalue weighted by molar-refractivity contribution is 0.257. The van der Waals surface area contributed by atoms with Gasteiger partial charge in [0.05, 0.1) is 7.11 Å². The highest BCUT2D eigenvalue weighted by atomic mass is 16.5. The zero-order valence-corrected chi connectivity index (χ0v) is 19.9. The van der Waals surface area contributed by atoms with Crippen LogP contribution in [0, 0.1) is 11.5 Å². The van der Waals surface area contributed by atoms with Crippen LogP contribution in [0.1, 0.15) is 49.3 Å². The molecule has 0 aliphatic heterocycles. The van der Waals surface area contributed by atoms with Crippen molar-refractivity contribution >= 4 is 11.7 Å². The van der Waals surface area contributed by atoms with Crippen LogP contribution >= 0.6 is 0 Å². The molecular weight excluding hydrogens is 410 g/mol. The van der Waals surface area contributed by atoms with Crippen molar-refractivity contribution in [3.8, 4) is 11.9 Å². The number of methoxy groups -OCH3 is 1.